The molecular weight excluding hydrogens is 626 g/mol. The lowest BCUT2D eigenvalue weighted by molar-refractivity contribution is 0.0544. The van der Waals surface area contributed by atoms with Crippen LogP contribution in [0.3, 0.4) is 0 Å². The molecule has 0 saturated heterocycles. The molecule has 0 aliphatic carbocycles. The number of aliphatic hydroxyl groups is 1. The van der Waals surface area contributed by atoms with E-state index in [1.165, 1.54) is 0 Å². The van der Waals surface area contributed by atoms with E-state index in [0.29, 0.717) is 59.3 Å². The number of fused-ring (bicyclic) bond motifs is 1. The van der Waals surface area contributed by atoms with E-state index in [1.807, 2.05) is 48.2 Å². The Hall–Kier alpha value is -4.47. The van der Waals surface area contributed by atoms with Crippen LogP contribution < -0.4 is 5.32 Å². The molecule has 0 bridgehead atoms. The lowest BCUT2D eigenvalue weighted by Gasteiger charge is -2.36. The minimum absolute atomic E-state index is 0.123. The molecule has 0 unspecified atom stereocenters. The van der Waals surface area contributed by atoms with Gasteiger partial charge in [-0.1, -0.05) is 74.7 Å². The van der Waals surface area contributed by atoms with Crippen molar-refractivity contribution in [2.24, 2.45) is 0 Å². The molecule has 0 radical (unpaired) electrons. The van der Waals surface area contributed by atoms with Crippen molar-refractivity contribution in [2.45, 2.75) is 65.5 Å². The average Bonchev–Trinajstić information content (AvgIpc) is 3.50. The van der Waals surface area contributed by atoms with Crippen LogP contribution in [-0.2, 0) is 13.0 Å². The predicted octanol–water partition coefficient (Wildman–Crippen LogP) is 6.46. The van der Waals surface area contributed by atoms with Gasteiger partial charge in [-0.05, 0) is 78.8 Å². The molecule has 1 atom stereocenters. The molecule has 3 amide bonds. The molecule has 2 heterocycles. The number of amides is 3. The van der Waals surface area contributed by atoms with Crippen LogP contribution in [0.15, 0.2) is 66.7 Å². The van der Waals surface area contributed by atoms with E-state index >= 15 is 0 Å². The SMILES string of the molecule is CCCCN(CCCC)C(=O)c1cc(C)n(-c2ccc(-c3ccc(C(=O)NC)c(Cl)c3)cc2C(=O)N2Cc3ccccc3C[C@H]2CO)n1. The van der Waals surface area contributed by atoms with Crippen molar-refractivity contribution in [1.82, 2.24) is 24.9 Å². The second-order valence-electron chi connectivity index (χ2n) is 12.3. The van der Waals surface area contributed by atoms with Gasteiger partial charge in [0.2, 0.25) is 0 Å². The summed E-state index contributed by atoms with van der Waals surface area (Å²) in [5, 5.41) is 18.1. The minimum Gasteiger partial charge on any atom is -0.394 e. The maximum atomic E-state index is 14.6. The topological polar surface area (TPSA) is 108 Å². The normalized spacial score (nSPS) is 14.0. The van der Waals surface area contributed by atoms with Crippen molar-refractivity contribution in [1.29, 1.82) is 0 Å². The van der Waals surface area contributed by atoms with E-state index in [1.54, 1.807) is 47.0 Å². The van der Waals surface area contributed by atoms with E-state index in [0.717, 1.165) is 47.9 Å². The third kappa shape index (κ3) is 7.32. The first-order valence-electron chi connectivity index (χ1n) is 16.7. The Morgan fingerprint density at radius 3 is 2.25 bits per heavy atom. The molecule has 5 rings (SSSR count). The zero-order valence-corrected chi connectivity index (χ0v) is 28.9. The summed E-state index contributed by atoms with van der Waals surface area (Å²) in [6, 6.07) is 20.0. The van der Waals surface area contributed by atoms with Crippen molar-refractivity contribution < 1.29 is 19.5 Å². The molecule has 2 N–H and O–H groups in total. The zero-order chi connectivity index (χ0) is 34.4. The monoisotopic (exact) mass is 669 g/mol. The fourth-order valence-corrected chi connectivity index (χ4v) is 6.49. The Balaban J connectivity index is 1.60. The van der Waals surface area contributed by atoms with Crippen molar-refractivity contribution in [3.63, 3.8) is 0 Å². The van der Waals surface area contributed by atoms with Crippen molar-refractivity contribution >= 4 is 29.3 Å². The van der Waals surface area contributed by atoms with Crippen LogP contribution in [0.1, 0.15) is 87.6 Å². The van der Waals surface area contributed by atoms with E-state index < -0.39 is 6.04 Å². The smallest absolute Gasteiger partial charge is 0.274 e. The summed E-state index contributed by atoms with van der Waals surface area (Å²) in [5.41, 5.74) is 5.89. The molecule has 3 aromatic carbocycles. The summed E-state index contributed by atoms with van der Waals surface area (Å²) in [7, 11) is 1.55. The van der Waals surface area contributed by atoms with Crippen LogP contribution in [0.2, 0.25) is 5.02 Å². The first kappa shape index (κ1) is 34.9. The number of unbranched alkanes of at least 4 members (excludes halogenated alkanes) is 2. The van der Waals surface area contributed by atoms with E-state index in [-0.39, 0.29) is 24.3 Å². The van der Waals surface area contributed by atoms with Gasteiger partial charge in [-0.25, -0.2) is 4.68 Å². The van der Waals surface area contributed by atoms with E-state index in [2.05, 4.69) is 19.2 Å². The highest BCUT2D eigenvalue weighted by Crippen LogP contribution is 2.32. The summed E-state index contributed by atoms with van der Waals surface area (Å²) in [6.07, 6.45) is 4.32. The number of hydrogen-bond acceptors (Lipinski definition) is 5. The molecule has 1 aromatic heterocycles. The molecule has 0 fully saturated rings. The molecule has 10 heteroatoms. The van der Waals surface area contributed by atoms with Gasteiger partial charge in [0.1, 0.15) is 0 Å². The molecule has 0 saturated carbocycles. The molecule has 0 spiro atoms. The maximum Gasteiger partial charge on any atom is 0.274 e. The number of aliphatic hydroxyl groups excluding tert-OH is 1. The first-order valence-corrected chi connectivity index (χ1v) is 17.1. The standard InChI is InChI=1S/C38H44ClN5O4/c1-5-7-17-42(18-8-6-2)38(48)34-19-25(3)44(41-34)35-16-14-27(28-13-15-31(33(39)22-28)36(46)40-4)21-32(35)37(47)43-23-29-12-10-9-11-26(29)20-30(43)24-45/h9-16,19,21-22,30,45H,5-8,17-18,20,23-24H2,1-4H3,(H,40,46)/t30-/m0/s1. The third-order valence-corrected chi connectivity index (χ3v) is 9.33. The number of hydrogen-bond donors (Lipinski definition) is 2. The van der Waals surface area contributed by atoms with Crippen LogP contribution in [-0.4, -0.2) is 75.2 Å². The Kier molecular flexibility index (Phi) is 11.3. The number of benzene rings is 3. The minimum atomic E-state index is -0.410. The molecule has 48 heavy (non-hydrogen) atoms. The van der Waals surface area contributed by atoms with Gasteiger partial charge in [-0.3, -0.25) is 14.4 Å². The number of nitrogens with one attached hydrogen (secondary N) is 1. The van der Waals surface area contributed by atoms with Gasteiger partial charge in [0.25, 0.3) is 17.7 Å². The summed E-state index contributed by atoms with van der Waals surface area (Å²) in [4.78, 5) is 44.2. The quantitative estimate of drug-likeness (QED) is 0.180. The van der Waals surface area contributed by atoms with Crippen LogP contribution in [0, 0.1) is 6.92 Å². The van der Waals surface area contributed by atoms with Gasteiger partial charge in [0.05, 0.1) is 34.5 Å². The molecule has 252 valence electrons. The number of carbonyl (C=O) groups excluding carboxylic acids is 3. The molecule has 9 nitrogen and oxygen atoms in total. The maximum absolute atomic E-state index is 14.6. The number of nitrogens with zero attached hydrogens (tertiary/aromatic N) is 4. The summed E-state index contributed by atoms with van der Waals surface area (Å²) in [6.45, 7) is 7.59. The fraction of sp³-hybridized carbons (Fsp3) is 0.368. The number of carbonyl (C=O) groups is 3. The van der Waals surface area contributed by atoms with Gasteiger partial charge in [0, 0.05) is 32.4 Å². The zero-order valence-electron chi connectivity index (χ0n) is 28.1. The lowest BCUT2D eigenvalue weighted by atomic mass is 9.93. The van der Waals surface area contributed by atoms with Gasteiger partial charge >= 0.3 is 0 Å². The van der Waals surface area contributed by atoms with Gasteiger partial charge in [-0.2, -0.15) is 5.10 Å². The highest BCUT2D eigenvalue weighted by Gasteiger charge is 2.32. The Labute approximate surface area is 287 Å². The van der Waals surface area contributed by atoms with Gasteiger partial charge in [-0.15, -0.1) is 0 Å². The van der Waals surface area contributed by atoms with Crippen molar-refractivity contribution in [3.8, 4) is 16.8 Å². The Morgan fingerprint density at radius 1 is 0.938 bits per heavy atom. The third-order valence-electron chi connectivity index (χ3n) is 9.01. The average molecular weight is 670 g/mol. The Morgan fingerprint density at radius 2 is 1.60 bits per heavy atom. The lowest BCUT2D eigenvalue weighted by Crippen LogP contribution is -2.46. The molecule has 1 aliphatic rings. The summed E-state index contributed by atoms with van der Waals surface area (Å²) in [5.74, 6) is -0.675. The van der Waals surface area contributed by atoms with Crippen LogP contribution in [0.25, 0.3) is 16.8 Å². The Bertz CT molecular complexity index is 1790. The molecule has 1 aliphatic heterocycles. The predicted molar refractivity (Wildman–Crippen MR) is 189 cm³/mol. The summed E-state index contributed by atoms with van der Waals surface area (Å²) < 4.78 is 1.66. The molecule has 4 aromatic rings. The first-order chi connectivity index (χ1) is 23.2. The summed E-state index contributed by atoms with van der Waals surface area (Å²) >= 11 is 6.52. The second kappa shape index (κ2) is 15.6. The highest BCUT2D eigenvalue weighted by molar-refractivity contribution is 6.34. The second-order valence-corrected chi connectivity index (χ2v) is 12.7. The van der Waals surface area contributed by atoms with Gasteiger partial charge < -0.3 is 20.2 Å². The number of halogens is 1. The van der Waals surface area contributed by atoms with E-state index in [4.69, 9.17) is 16.7 Å². The number of aryl methyl sites for hydroxylation is 1. The largest absolute Gasteiger partial charge is 0.394 e. The number of aromatic nitrogens is 2. The number of rotatable bonds is 12. The van der Waals surface area contributed by atoms with Crippen LogP contribution >= 0.6 is 11.6 Å². The fourth-order valence-electron chi connectivity index (χ4n) is 6.23. The van der Waals surface area contributed by atoms with Gasteiger partial charge in [0.15, 0.2) is 5.69 Å². The van der Waals surface area contributed by atoms with E-state index in [9.17, 15) is 19.5 Å². The highest BCUT2D eigenvalue weighted by atomic mass is 35.5. The molecular formula is C38H44ClN5O4. The van der Waals surface area contributed by atoms with Crippen LogP contribution in [0.5, 0.6) is 0 Å². The van der Waals surface area contributed by atoms with Crippen molar-refractivity contribution in [3.05, 3.63) is 105 Å². The van der Waals surface area contributed by atoms with Crippen molar-refractivity contribution in [2.75, 3.05) is 26.7 Å². The van der Waals surface area contributed by atoms with Crippen LogP contribution in [0.4, 0.5) is 0 Å².